The molecule has 4 nitrogen and oxygen atoms in total. The molecule has 1 aliphatic carbocycles. The van der Waals surface area contributed by atoms with Crippen LogP contribution in [0, 0.1) is 0 Å². The Kier molecular flexibility index (Phi) is 3.09. The van der Waals surface area contributed by atoms with Crippen molar-refractivity contribution in [3.63, 3.8) is 0 Å². The third-order valence-corrected chi connectivity index (χ3v) is 5.54. The number of carbonyl (C=O) groups excluding carboxylic acids is 1. The van der Waals surface area contributed by atoms with Crippen LogP contribution in [0.25, 0.3) is 10.9 Å². The highest BCUT2D eigenvalue weighted by Gasteiger charge is 2.40. The quantitative estimate of drug-likeness (QED) is 0.611. The first-order valence-electron chi connectivity index (χ1n) is 7.69. The number of hydrogen-bond donors (Lipinski definition) is 2. The fourth-order valence-electron chi connectivity index (χ4n) is 3.66. The normalized spacial score (nSPS) is 15.2. The molecule has 1 aliphatic rings. The number of carbonyl (C=O) groups is 1. The predicted molar refractivity (Wildman–Crippen MR) is 99.0 cm³/mol. The molecule has 0 saturated heterocycles. The number of halogens is 1. The Bertz CT molecular complexity index is 1020. The number of aromatic amines is 1. The fraction of sp³-hybridized carbons (Fsp3) is 0.211. The maximum Gasteiger partial charge on any atom is 0.195 e. The van der Waals surface area contributed by atoms with Crippen LogP contribution in [0.3, 0.4) is 0 Å². The highest BCUT2D eigenvalue weighted by molar-refractivity contribution is 9.10. The molecular weight excluding hydrogens is 368 g/mol. The Morgan fingerprint density at radius 2 is 2.00 bits per heavy atom. The predicted octanol–water partition coefficient (Wildman–Crippen LogP) is 4.39. The molecule has 3 aromatic rings. The van der Waals surface area contributed by atoms with E-state index < -0.39 is 0 Å². The van der Waals surface area contributed by atoms with Crippen molar-refractivity contribution < 1.29 is 9.53 Å². The van der Waals surface area contributed by atoms with E-state index in [1.165, 1.54) is 0 Å². The van der Waals surface area contributed by atoms with Gasteiger partial charge in [-0.1, -0.05) is 19.9 Å². The highest BCUT2D eigenvalue weighted by atomic mass is 79.9. The number of ether oxygens (including phenoxy) is 1. The van der Waals surface area contributed by atoms with Crippen molar-refractivity contribution in [2.75, 3.05) is 12.8 Å². The van der Waals surface area contributed by atoms with E-state index in [0.29, 0.717) is 22.6 Å². The number of nitrogens with two attached hydrogens (primary N) is 1. The highest BCUT2D eigenvalue weighted by Crippen LogP contribution is 2.46. The molecule has 4 rings (SSSR count). The van der Waals surface area contributed by atoms with Crippen molar-refractivity contribution in [2.45, 2.75) is 19.3 Å². The molecule has 3 N–H and O–H groups in total. The second-order valence-corrected chi connectivity index (χ2v) is 7.49. The van der Waals surface area contributed by atoms with E-state index in [-0.39, 0.29) is 11.2 Å². The first-order chi connectivity index (χ1) is 11.4. The van der Waals surface area contributed by atoms with Gasteiger partial charge >= 0.3 is 0 Å². The number of nitrogens with one attached hydrogen (secondary N) is 1. The SMILES string of the molecule is COc1cc2c(cc1Br)C(=O)c1c([nH]c3cccc(N)c13)C2(C)C. The van der Waals surface area contributed by atoms with Crippen LogP contribution in [0.5, 0.6) is 5.75 Å². The number of aromatic nitrogens is 1. The molecule has 0 bridgehead atoms. The van der Waals surface area contributed by atoms with Gasteiger partial charge < -0.3 is 15.5 Å². The zero-order chi connectivity index (χ0) is 17.2. The van der Waals surface area contributed by atoms with Gasteiger partial charge in [-0.2, -0.15) is 0 Å². The van der Waals surface area contributed by atoms with E-state index in [0.717, 1.165) is 26.6 Å². The van der Waals surface area contributed by atoms with Crippen molar-refractivity contribution in [2.24, 2.45) is 0 Å². The molecule has 0 unspecified atom stereocenters. The molecular formula is C19H17BrN2O2. The molecule has 5 heteroatoms. The van der Waals surface area contributed by atoms with Crippen LogP contribution in [0.2, 0.25) is 0 Å². The lowest BCUT2D eigenvalue weighted by Gasteiger charge is -2.32. The summed E-state index contributed by atoms with van der Waals surface area (Å²) in [5.74, 6) is 0.709. The largest absolute Gasteiger partial charge is 0.496 e. The summed E-state index contributed by atoms with van der Waals surface area (Å²) in [4.78, 5) is 16.7. The molecule has 0 aliphatic heterocycles. The molecule has 0 atom stereocenters. The van der Waals surface area contributed by atoms with Crippen LogP contribution in [-0.2, 0) is 5.41 Å². The number of hydrogen-bond acceptors (Lipinski definition) is 3. The third kappa shape index (κ3) is 1.82. The van der Waals surface area contributed by atoms with Crippen molar-refractivity contribution in [1.82, 2.24) is 4.98 Å². The number of fused-ring (bicyclic) bond motifs is 4. The van der Waals surface area contributed by atoms with Crippen LogP contribution >= 0.6 is 15.9 Å². The lowest BCUT2D eigenvalue weighted by atomic mass is 9.71. The average Bonchev–Trinajstić information content (AvgIpc) is 2.95. The number of anilines is 1. The van der Waals surface area contributed by atoms with Gasteiger partial charge in [0.05, 0.1) is 17.1 Å². The number of H-pyrrole nitrogens is 1. The Hall–Kier alpha value is -2.27. The summed E-state index contributed by atoms with van der Waals surface area (Å²) in [5.41, 5.74) is 10.5. The Labute approximate surface area is 148 Å². The van der Waals surface area contributed by atoms with Gasteiger partial charge in [-0.15, -0.1) is 0 Å². The van der Waals surface area contributed by atoms with Crippen LogP contribution < -0.4 is 10.5 Å². The number of benzene rings is 2. The van der Waals surface area contributed by atoms with Crippen molar-refractivity contribution in [3.05, 3.63) is 57.2 Å². The van der Waals surface area contributed by atoms with E-state index in [4.69, 9.17) is 10.5 Å². The van der Waals surface area contributed by atoms with E-state index in [2.05, 4.69) is 34.8 Å². The van der Waals surface area contributed by atoms with E-state index >= 15 is 0 Å². The molecule has 0 amide bonds. The van der Waals surface area contributed by atoms with Gasteiger partial charge in [-0.25, -0.2) is 0 Å². The van der Waals surface area contributed by atoms with Crippen LogP contribution in [0.1, 0.15) is 41.0 Å². The average molecular weight is 385 g/mol. The minimum absolute atomic E-state index is 0.00757. The number of methoxy groups -OCH3 is 1. The lowest BCUT2D eigenvalue weighted by molar-refractivity contribution is 0.103. The summed E-state index contributed by atoms with van der Waals surface area (Å²) in [7, 11) is 1.62. The molecule has 24 heavy (non-hydrogen) atoms. The van der Waals surface area contributed by atoms with Crippen molar-refractivity contribution in [3.8, 4) is 5.75 Å². The lowest BCUT2D eigenvalue weighted by Crippen LogP contribution is -2.30. The number of rotatable bonds is 1. The minimum atomic E-state index is -0.363. The monoisotopic (exact) mass is 384 g/mol. The summed E-state index contributed by atoms with van der Waals surface area (Å²) < 4.78 is 6.19. The Balaban J connectivity index is 2.12. The summed E-state index contributed by atoms with van der Waals surface area (Å²) in [6.07, 6.45) is 0. The standard InChI is InChI=1S/C19H17BrN2O2/c1-19(2)10-8-14(24-3)11(20)7-9(10)17(23)16-15-12(21)5-4-6-13(15)22-18(16)19/h4-8,22H,21H2,1-3H3. The van der Waals surface area contributed by atoms with Crippen LogP contribution in [0.15, 0.2) is 34.8 Å². The fourth-order valence-corrected chi connectivity index (χ4v) is 4.16. The van der Waals surface area contributed by atoms with Gasteiger partial charge in [0.2, 0.25) is 0 Å². The first kappa shape index (κ1) is 15.3. The zero-order valence-electron chi connectivity index (χ0n) is 13.7. The van der Waals surface area contributed by atoms with Gasteiger partial charge in [0.15, 0.2) is 5.78 Å². The summed E-state index contributed by atoms with van der Waals surface area (Å²) in [5, 5.41) is 0.808. The molecule has 0 radical (unpaired) electrons. The van der Waals surface area contributed by atoms with Gasteiger partial charge in [0.1, 0.15) is 5.75 Å². The second-order valence-electron chi connectivity index (χ2n) is 6.63. The molecule has 2 aromatic carbocycles. The van der Waals surface area contributed by atoms with Crippen molar-refractivity contribution >= 4 is 38.3 Å². The molecule has 0 saturated carbocycles. The van der Waals surface area contributed by atoms with Gasteiger partial charge in [-0.05, 0) is 45.8 Å². The zero-order valence-corrected chi connectivity index (χ0v) is 15.2. The Morgan fingerprint density at radius 1 is 1.25 bits per heavy atom. The van der Waals surface area contributed by atoms with E-state index in [1.807, 2.05) is 30.3 Å². The first-order valence-corrected chi connectivity index (χ1v) is 8.49. The van der Waals surface area contributed by atoms with Gasteiger partial charge in [-0.3, -0.25) is 4.79 Å². The summed E-state index contributed by atoms with van der Waals surface area (Å²) in [6.45, 7) is 4.21. The third-order valence-electron chi connectivity index (χ3n) is 4.92. The van der Waals surface area contributed by atoms with Crippen molar-refractivity contribution in [1.29, 1.82) is 0 Å². The molecule has 0 fully saturated rings. The Morgan fingerprint density at radius 3 is 2.71 bits per heavy atom. The maximum atomic E-state index is 13.2. The molecule has 0 spiro atoms. The van der Waals surface area contributed by atoms with E-state index in [9.17, 15) is 4.79 Å². The molecule has 122 valence electrons. The minimum Gasteiger partial charge on any atom is -0.496 e. The second kappa shape index (κ2) is 4.86. The summed E-state index contributed by atoms with van der Waals surface area (Å²) >= 11 is 3.49. The number of ketones is 1. The number of nitrogen functional groups attached to an aromatic ring is 1. The topological polar surface area (TPSA) is 68.1 Å². The van der Waals surface area contributed by atoms with E-state index in [1.54, 1.807) is 7.11 Å². The smallest absolute Gasteiger partial charge is 0.195 e. The molecule has 1 aromatic heterocycles. The van der Waals surface area contributed by atoms with Gasteiger partial charge in [0.25, 0.3) is 0 Å². The van der Waals surface area contributed by atoms with Crippen LogP contribution in [-0.4, -0.2) is 17.9 Å². The van der Waals surface area contributed by atoms with Crippen LogP contribution in [0.4, 0.5) is 5.69 Å². The molecule has 1 heterocycles. The maximum absolute atomic E-state index is 13.2. The summed E-state index contributed by atoms with van der Waals surface area (Å²) in [6, 6.07) is 9.46. The van der Waals surface area contributed by atoms with Gasteiger partial charge in [0, 0.05) is 33.3 Å².